The average Bonchev–Trinajstić information content (AvgIpc) is 2.90. The third kappa shape index (κ3) is 1.71. The van der Waals surface area contributed by atoms with Crippen molar-refractivity contribution in [2.45, 2.75) is 0 Å². The number of hydrogen-bond acceptors (Lipinski definition) is 4. The summed E-state index contributed by atoms with van der Waals surface area (Å²) in [6, 6.07) is 7.44. The molecule has 0 N–H and O–H groups in total. The fraction of sp³-hybridized carbons (Fsp3) is 0.143. The molecule has 0 saturated carbocycles. The van der Waals surface area contributed by atoms with Crippen LogP contribution in [0.1, 0.15) is 0 Å². The number of methoxy groups -OCH3 is 1. The molecule has 0 spiro atoms. The standard InChI is InChI=1S/C14H12N2O3/c1-16-7-6-10(13(18-2)14(16)17)9-4-3-5-11-12(9)19-8-15-11/h3-8H,1-2H3. The molecule has 1 aromatic carbocycles. The first-order chi connectivity index (χ1) is 9.22. The molecule has 0 radical (unpaired) electrons. The number of aromatic nitrogens is 2. The van der Waals surface area contributed by atoms with Gasteiger partial charge in [-0.25, -0.2) is 4.98 Å². The van der Waals surface area contributed by atoms with Crippen LogP contribution in [0.5, 0.6) is 5.75 Å². The maximum Gasteiger partial charge on any atom is 0.293 e. The summed E-state index contributed by atoms with van der Waals surface area (Å²) in [6.07, 6.45) is 3.09. The van der Waals surface area contributed by atoms with Gasteiger partial charge in [0.15, 0.2) is 17.7 Å². The van der Waals surface area contributed by atoms with Gasteiger partial charge in [-0.1, -0.05) is 12.1 Å². The van der Waals surface area contributed by atoms with Crippen LogP contribution in [0.4, 0.5) is 0 Å². The predicted octanol–water partition coefficient (Wildman–Crippen LogP) is 2.20. The molecule has 0 aliphatic rings. The Morgan fingerprint density at radius 2 is 2.11 bits per heavy atom. The van der Waals surface area contributed by atoms with E-state index >= 15 is 0 Å². The van der Waals surface area contributed by atoms with E-state index in [2.05, 4.69) is 4.98 Å². The summed E-state index contributed by atoms with van der Waals surface area (Å²) in [6.45, 7) is 0. The molecule has 2 aromatic heterocycles. The SMILES string of the molecule is COc1c(-c2cccc3ncoc23)ccn(C)c1=O. The summed E-state index contributed by atoms with van der Waals surface area (Å²) in [7, 11) is 3.17. The molecule has 3 aromatic rings. The van der Waals surface area contributed by atoms with Crippen molar-refractivity contribution in [3.05, 3.63) is 47.2 Å². The second kappa shape index (κ2) is 4.28. The van der Waals surface area contributed by atoms with Crippen molar-refractivity contribution in [2.75, 3.05) is 7.11 Å². The monoisotopic (exact) mass is 256 g/mol. The van der Waals surface area contributed by atoms with E-state index in [-0.39, 0.29) is 5.56 Å². The van der Waals surface area contributed by atoms with Crippen LogP contribution in [-0.2, 0) is 7.05 Å². The summed E-state index contributed by atoms with van der Waals surface area (Å²) >= 11 is 0. The van der Waals surface area contributed by atoms with Crippen molar-refractivity contribution in [1.82, 2.24) is 9.55 Å². The number of oxazole rings is 1. The number of ether oxygens (including phenoxy) is 1. The van der Waals surface area contributed by atoms with Crippen LogP contribution in [0, 0.1) is 0 Å². The highest BCUT2D eigenvalue weighted by Crippen LogP contribution is 2.32. The van der Waals surface area contributed by atoms with Crippen LogP contribution >= 0.6 is 0 Å². The number of benzene rings is 1. The molecule has 5 heteroatoms. The van der Waals surface area contributed by atoms with Gasteiger partial charge in [-0.3, -0.25) is 4.79 Å². The number of hydrogen-bond donors (Lipinski definition) is 0. The minimum atomic E-state index is -0.184. The molecule has 0 unspecified atom stereocenters. The van der Waals surface area contributed by atoms with Crippen LogP contribution in [-0.4, -0.2) is 16.7 Å². The Balaban J connectivity index is 2.36. The number of pyridine rings is 1. The summed E-state index contributed by atoms with van der Waals surface area (Å²) < 4.78 is 12.1. The fourth-order valence-corrected chi connectivity index (χ4v) is 2.11. The Hall–Kier alpha value is -2.56. The van der Waals surface area contributed by atoms with Crippen molar-refractivity contribution < 1.29 is 9.15 Å². The Morgan fingerprint density at radius 1 is 1.26 bits per heavy atom. The maximum absolute atomic E-state index is 12.1. The van der Waals surface area contributed by atoms with Crippen molar-refractivity contribution in [3.63, 3.8) is 0 Å². The molecule has 2 heterocycles. The van der Waals surface area contributed by atoms with Gasteiger partial charge in [0.05, 0.1) is 7.11 Å². The van der Waals surface area contributed by atoms with Gasteiger partial charge in [-0.2, -0.15) is 0 Å². The highest BCUT2D eigenvalue weighted by molar-refractivity contribution is 5.91. The van der Waals surface area contributed by atoms with E-state index in [1.165, 1.54) is 18.1 Å². The normalized spacial score (nSPS) is 10.8. The number of aryl methyl sites for hydroxylation is 1. The number of nitrogens with zero attached hydrogens (tertiary/aromatic N) is 2. The molecule has 0 amide bonds. The van der Waals surface area contributed by atoms with Gasteiger partial charge >= 0.3 is 0 Å². The van der Waals surface area contributed by atoms with Gasteiger partial charge in [0, 0.05) is 24.4 Å². The lowest BCUT2D eigenvalue weighted by Crippen LogP contribution is -2.18. The molecule has 0 aliphatic carbocycles. The van der Waals surface area contributed by atoms with Crippen LogP contribution < -0.4 is 10.3 Å². The van der Waals surface area contributed by atoms with E-state index in [4.69, 9.17) is 9.15 Å². The lowest BCUT2D eigenvalue weighted by Gasteiger charge is -2.09. The largest absolute Gasteiger partial charge is 0.491 e. The third-order valence-electron chi connectivity index (χ3n) is 3.07. The van der Waals surface area contributed by atoms with Crippen molar-refractivity contribution in [3.8, 4) is 16.9 Å². The molecule has 0 fully saturated rings. The third-order valence-corrected chi connectivity index (χ3v) is 3.07. The second-order valence-corrected chi connectivity index (χ2v) is 4.18. The van der Waals surface area contributed by atoms with Crippen LogP contribution in [0.15, 0.2) is 46.1 Å². The summed E-state index contributed by atoms with van der Waals surface area (Å²) in [5, 5.41) is 0. The lowest BCUT2D eigenvalue weighted by molar-refractivity contribution is 0.406. The molecule has 0 saturated heterocycles. The zero-order valence-electron chi connectivity index (χ0n) is 10.6. The van der Waals surface area contributed by atoms with Crippen LogP contribution in [0.3, 0.4) is 0 Å². The topological polar surface area (TPSA) is 57.3 Å². The summed E-state index contributed by atoms with van der Waals surface area (Å²) in [5.74, 6) is 0.300. The quantitative estimate of drug-likeness (QED) is 0.705. The highest BCUT2D eigenvalue weighted by Gasteiger charge is 2.15. The van der Waals surface area contributed by atoms with E-state index in [1.54, 1.807) is 13.2 Å². The van der Waals surface area contributed by atoms with Gasteiger partial charge in [0.2, 0.25) is 0 Å². The van der Waals surface area contributed by atoms with Gasteiger partial charge in [-0.05, 0) is 12.1 Å². The minimum absolute atomic E-state index is 0.184. The second-order valence-electron chi connectivity index (χ2n) is 4.18. The number of para-hydroxylation sites is 1. The molecule has 96 valence electrons. The fourth-order valence-electron chi connectivity index (χ4n) is 2.11. The van der Waals surface area contributed by atoms with Gasteiger partial charge < -0.3 is 13.7 Å². The van der Waals surface area contributed by atoms with E-state index in [9.17, 15) is 4.79 Å². The van der Waals surface area contributed by atoms with Crippen LogP contribution in [0.25, 0.3) is 22.2 Å². The Kier molecular flexibility index (Phi) is 2.59. The first kappa shape index (κ1) is 11.5. The van der Waals surface area contributed by atoms with Crippen molar-refractivity contribution in [1.29, 1.82) is 0 Å². The molecule has 0 atom stereocenters. The first-order valence-electron chi connectivity index (χ1n) is 5.78. The molecule has 19 heavy (non-hydrogen) atoms. The van der Waals surface area contributed by atoms with E-state index in [0.29, 0.717) is 16.9 Å². The predicted molar refractivity (Wildman–Crippen MR) is 71.2 cm³/mol. The van der Waals surface area contributed by atoms with Gasteiger partial charge in [0.1, 0.15) is 5.52 Å². The van der Waals surface area contributed by atoms with Crippen molar-refractivity contribution >= 4 is 11.1 Å². The number of rotatable bonds is 2. The van der Waals surface area contributed by atoms with E-state index in [1.807, 2.05) is 24.3 Å². The molecular weight excluding hydrogens is 244 g/mol. The number of fused-ring (bicyclic) bond motifs is 1. The average molecular weight is 256 g/mol. The smallest absolute Gasteiger partial charge is 0.293 e. The Morgan fingerprint density at radius 3 is 2.89 bits per heavy atom. The Bertz CT molecular complexity index is 802. The molecule has 0 aliphatic heterocycles. The zero-order valence-corrected chi connectivity index (χ0v) is 10.6. The molecule has 3 rings (SSSR count). The van der Waals surface area contributed by atoms with Crippen LogP contribution in [0.2, 0.25) is 0 Å². The lowest BCUT2D eigenvalue weighted by atomic mass is 10.0. The highest BCUT2D eigenvalue weighted by atomic mass is 16.5. The molecule has 0 bridgehead atoms. The van der Waals surface area contributed by atoms with Gasteiger partial charge in [-0.15, -0.1) is 0 Å². The molecule has 5 nitrogen and oxygen atoms in total. The minimum Gasteiger partial charge on any atom is -0.491 e. The molecular formula is C14H12N2O3. The van der Waals surface area contributed by atoms with Gasteiger partial charge in [0.25, 0.3) is 5.56 Å². The van der Waals surface area contributed by atoms with E-state index in [0.717, 1.165) is 11.1 Å². The maximum atomic E-state index is 12.1. The summed E-state index contributed by atoms with van der Waals surface area (Å²) in [4.78, 5) is 16.2. The zero-order chi connectivity index (χ0) is 13.4. The Labute approximate surface area is 109 Å². The van der Waals surface area contributed by atoms with Crippen molar-refractivity contribution in [2.24, 2.45) is 7.05 Å². The van der Waals surface area contributed by atoms with E-state index < -0.39 is 0 Å². The first-order valence-corrected chi connectivity index (χ1v) is 5.78. The summed E-state index contributed by atoms with van der Waals surface area (Å²) in [5.41, 5.74) is 2.71.